The smallest absolute Gasteiger partial charge is 0.291 e. The number of aromatic hydroxyl groups is 1. The molecule has 0 bridgehead atoms. The lowest BCUT2D eigenvalue weighted by Gasteiger charge is -1.98. The van der Waals surface area contributed by atoms with Gasteiger partial charge in [0.05, 0.1) is 16.8 Å². The van der Waals surface area contributed by atoms with Crippen molar-refractivity contribution >= 4 is 22.5 Å². The first kappa shape index (κ1) is 13.3. The maximum absolute atomic E-state index is 12.6. The molecule has 5 nitrogen and oxygen atoms in total. The molecule has 0 radical (unpaired) electrons. The third-order valence-electron chi connectivity index (χ3n) is 3.07. The van der Waals surface area contributed by atoms with E-state index in [4.69, 9.17) is 11.6 Å². The molecule has 0 amide bonds. The highest BCUT2D eigenvalue weighted by molar-refractivity contribution is 6.31. The second-order valence-electron chi connectivity index (χ2n) is 4.41. The summed E-state index contributed by atoms with van der Waals surface area (Å²) in [6.45, 7) is 0. The highest BCUT2D eigenvalue weighted by Crippen LogP contribution is 2.22. The number of nitrogens with one attached hydrogen (secondary N) is 1. The first-order chi connectivity index (χ1) is 10.1. The van der Waals surface area contributed by atoms with Gasteiger partial charge in [0.25, 0.3) is 5.56 Å². The van der Waals surface area contributed by atoms with E-state index >= 15 is 0 Å². The van der Waals surface area contributed by atoms with Gasteiger partial charge in [-0.1, -0.05) is 17.7 Å². The third kappa shape index (κ3) is 2.28. The number of H-pyrrole nitrogens is 1. The summed E-state index contributed by atoms with van der Waals surface area (Å²) in [7, 11) is 0. The van der Waals surface area contributed by atoms with Crippen LogP contribution in [0, 0.1) is 0 Å². The highest BCUT2D eigenvalue weighted by Gasteiger charge is 2.15. The van der Waals surface area contributed by atoms with Crippen LogP contribution >= 0.6 is 11.6 Å². The lowest BCUT2D eigenvalue weighted by Crippen LogP contribution is -2.06. The Hall–Kier alpha value is -2.66. The number of aromatic amines is 1. The Balaban J connectivity index is 2.55. The molecule has 6 heteroatoms. The van der Waals surface area contributed by atoms with Gasteiger partial charge in [-0.05, 0) is 30.3 Å². The zero-order valence-corrected chi connectivity index (χ0v) is 11.4. The fourth-order valence-corrected chi connectivity index (χ4v) is 2.28. The van der Waals surface area contributed by atoms with Gasteiger partial charge in [0.2, 0.25) is 5.43 Å². The molecule has 0 saturated heterocycles. The average Bonchev–Trinajstić information content (AvgIpc) is 2.56. The van der Waals surface area contributed by atoms with E-state index in [1.807, 2.05) is 0 Å². The van der Waals surface area contributed by atoms with Crippen molar-refractivity contribution in [3.63, 3.8) is 0 Å². The molecule has 0 saturated carbocycles. The Morgan fingerprint density at radius 3 is 2.67 bits per heavy atom. The molecule has 3 rings (SSSR count). The molecule has 21 heavy (non-hydrogen) atoms. The Labute approximate surface area is 123 Å². The quantitative estimate of drug-likeness (QED) is 0.722. The molecule has 0 aliphatic heterocycles. The van der Waals surface area contributed by atoms with Crippen molar-refractivity contribution < 1.29 is 5.11 Å². The number of halogens is 1. The number of hydrogen-bond donors (Lipinski definition) is 2. The summed E-state index contributed by atoms with van der Waals surface area (Å²) in [5.74, 6) is -0.661. The van der Waals surface area contributed by atoms with Crippen LogP contribution in [0.3, 0.4) is 0 Å². The SMILES string of the molecule is O=c1[nH]c2cc(Cl)ccc2c(=O)c(-c2ccccn2)c1O. The molecule has 104 valence electrons. The molecule has 0 spiro atoms. The van der Waals surface area contributed by atoms with Crippen molar-refractivity contribution in [2.24, 2.45) is 0 Å². The van der Waals surface area contributed by atoms with Gasteiger partial charge in [-0.25, -0.2) is 0 Å². The minimum Gasteiger partial charge on any atom is -0.502 e. The van der Waals surface area contributed by atoms with Crippen LogP contribution in [-0.2, 0) is 0 Å². The summed E-state index contributed by atoms with van der Waals surface area (Å²) in [6.07, 6.45) is 1.48. The topological polar surface area (TPSA) is 83.0 Å². The minimum absolute atomic E-state index is 0.130. The van der Waals surface area contributed by atoms with E-state index in [1.165, 1.54) is 18.3 Å². The van der Waals surface area contributed by atoms with E-state index in [-0.39, 0.29) is 22.2 Å². The van der Waals surface area contributed by atoms with Crippen molar-refractivity contribution in [1.29, 1.82) is 0 Å². The van der Waals surface area contributed by atoms with Crippen molar-refractivity contribution in [3.05, 3.63) is 68.2 Å². The molecule has 3 aromatic rings. The van der Waals surface area contributed by atoms with Crippen LogP contribution < -0.4 is 11.0 Å². The van der Waals surface area contributed by atoms with Crippen LogP contribution in [0.1, 0.15) is 0 Å². The lowest BCUT2D eigenvalue weighted by atomic mass is 10.1. The van der Waals surface area contributed by atoms with Gasteiger partial charge in [0.15, 0.2) is 5.75 Å². The fraction of sp³-hybridized carbons (Fsp3) is 0. The van der Waals surface area contributed by atoms with Crippen LogP contribution in [0.25, 0.3) is 22.2 Å². The van der Waals surface area contributed by atoms with E-state index in [1.54, 1.807) is 24.3 Å². The van der Waals surface area contributed by atoms with Crippen LogP contribution in [0.4, 0.5) is 0 Å². The summed E-state index contributed by atoms with van der Waals surface area (Å²) in [6, 6.07) is 9.40. The molecule has 2 N–H and O–H groups in total. The molecular weight excluding hydrogens is 292 g/mol. The zero-order valence-electron chi connectivity index (χ0n) is 10.6. The average molecular weight is 301 g/mol. The van der Waals surface area contributed by atoms with E-state index < -0.39 is 16.7 Å². The standard InChI is InChI=1S/C15H9ClN2O3/c16-8-4-5-9-11(7-8)18-15(21)14(20)12(13(9)19)10-3-1-2-6-17-10/h1-7,20H,(H,18,21). The molecule has 0 aliphatic carbocycles. The van der Waals surface area contributed by atoms with E-state index in [9.17, 15) is 14.7 Å². The Kier molecular flexibility index (Phi) is 3.19. The number of benzene rings is 1. The van der Waals surface area contributed by atoms with E-state index in [2.05, 4.69) is 9.97 Å². The second kappa shape index (κ2) is 5.03. The summed E-state index contributed by atoms with van der Waals surface area (Å²) < 4.78 is 0. The molecule has 0 fully saturated rings. The van der Waals surface area contributed by atoms with Crippen LogP contribution in [-0.4, -0.2) is 15.1 Å². The zero-order chi connectivity index (χ0) is 15.0. The largest absolute Gasteiger partial charge is 0.502 e. The Morgan fingerprint density at radius 2 is 1.95 bits per heavy atom. The third-order valence-corrected chi connectivity index (χ3v) is 3.31. The number of fused-ring (bicyclic) bond motifs is 1. The summed E-state index contributed by atoms with van der Waals surface area (Å²) >= 11 is 5.86. The predicted molar refractivity (Wildman–Crippen MR) is 80.7 cm³/mol. The van der Waals surface area contributed by atoms with Crippen molar-refractivity contribution in [2.45, 2.75) is 0 Å². The van der Waals surface area contributed by atoms with E-state index in [0.717, 1.165) is 0 Å². The van der Waals surface area contributed by atoms with Crippen molar-refractivity contribution in [2.75, 3.05) is 0 Å². The first-order valence-corrected chi connectivity index (χ1v) is 6.46. The number of aromatic nitrogens is 2. The maximum Gasteiger partial charge on any atom is 0.291 e. The fourth-order valence-electron chi connectivity index (χ4n) is 2.10. The van der Waals surface area contributed by atoms with Gasteiger partial charge in [0, 0.05) is 16.6 Å². The lowest BCUT2D eigenvalue weighted by molar-refractivity contribution is 0.469. The number of nitrogens with zero attached hydrogens (tertiary/aromatic N) is 1. The molecule has 2 heterocycles. The molecular formula is C15H9ClN2O3. The molecule has 1 aromatic carbocycles. The summed E-state index contributed by atoms with van der Waals surface area (Å²) in [5.41, 5.74) is -0.900. The van der Waals surface area contributed by atoms with Gasteiger partial charge in [-0.15, -0.1) is 0 Å². The van der Waals surface area contributed by atoms with Gasteiger partial charge in [-0.3, -0.25) is 14.6 Å². The first-order valence-electron chi connectivity index (χ1n) is 6.08. The van der Waals surface area contributed by atoms with Crippen molar-refractivity contribution in [1.82, 2.24) is 9.97 Å². The number of hydrogen-bond acceptors (Lipinski definition) is 4. The van der Waals surface area contributed by atoms with E-state index in [0.29, 0.717) is 5.02 Å². The second-order valence-corrected chi connectivity index (χ2v) is 4.85. The van der Waals surface area contributed by atoms with Crippen molar-refractivity contribution in [3.8, 4) is 17.0 Å². The number of pyridine rings is 1. The molecule has 0 aliphatic rings. The van der Waals surface area contributed by atoms with Gasteiger partial charge < -0.3 is 10.1 Å². The van der Waals surface area contributed by atoms with Crippen LogP contribution in [0.2, 0.25) is 5.02 Å². The van der Waals surface area contributed by atoms with Crippen LogP contribution in [0.15, 0.2) is 52.2 Å². The number of rotatable bonds is 1. The molecule has 0 atom stereocenters. The summed E-state index contributed by atoms with van der Waals surface area (Å²) in [4.78, 5) is 31.1. The molecule has 0 unspecified atom stereocenters. The highest BCUT2D eigenvalue weighted by atomic mass is 35.5. The monoisotopic (exact) mass is 300 g/mol. The Bertz CT molecular complexity index is 952. The minimum atomic E-state index is -0.773. The maximum atomic E-state index is 12.6. The Morgan fingerprint density at radius 1 is 1.14 bits per heavy atom. The predicted octanol–water partition coefficient (Wildman–Crippen LogP) is 2.31. The van der Waals surface area contributed by atoms with Gasteiger partial charge >= 0.3 is 0 Å². The molecule has 2 aromatic heterocycles. The van der Waals surface area contributed by atoms with Gasteiger partial charge in [-0.2, -0.15) is 0 Å². The van der Waals surface area contributed by atoms with Crippen LogP contribution in [0.5, 0.6) is 5.75 Å². The normalized spacial score (nSPS) is 10.7. The summed E-state index contributed by atoms with van der Waals surface area (Å²) in [5, 5.41) is 10.7. The van der Waals surface area contributed by atoms with Gasteiger partial charge in [0.1, 0.15) is 0 Å².